The van der Waals surface area contributed by atoms with E-state index in [1.54, 1.807) is 0 Å². The molecule has 1 heterocycles. The molecule has 1 N–H and O–H groups in total. The minimum Gasteiger partial charge on any atom is -0.483 e. The number of hydrogen-bond acceptors (Lipinski definition) is 2. The topological polar surface area (TPSA) is 29.5 Å². The summed E-state index contributed by atoms with van der Waals surface area (Å²) in [4.78, 5) is 0. The van der Waals surface area contributed by atoms with E-state index in [2.05, 4.69) is 32.0 Å². The lowest BCUT2D eigenvalue weighted by Crippen LogP contribution is -2.30. The van der Waals surface area contributed by atoms with Crippen molar-refractivity contribution in [1.82, 2.24) is 0 Å². The molecule has 2 aromatic rings. The van der Waals surface area contributed by atoms with E-state index in [0.717, 1.165) is 16.9 Å². The predicted molar refractivity (Wildman–Crippen MR) is 75.4 cm³/mol. The molecule has 0 saturated heterocycles. The second-order valence-electron chi connectivity index (χ2n) is 5.33. The molecule has 2 atom stereocenters. The van der Waals surface area contributed by atoms with Gasteiger partial charge in [0.1, 0.15) is 11.9 Å². The molecule has 98 valence electrons. The quantitative estimate of drug-likeness (QED) is 0.845. The molecule has 0 aliphatic carbocycles. The molecule has 1 aliphatic rings. The molecule has 0 spiro atoms. The Morgan fingerprint density at radius 2 is 1.68 bits per heavy atom. The van der Waals surface area contributed by atoms with Crippen molar-refractivity contribution < 1.29 is 9.84 Å². The van der Waals surface area contributed by atoms with Crippen molar-refractivity contribution in [2.45, 2.75) is 32.5 Å². The van der Waals surface area contributed by atoms with Crippen molar-refractivity contribution in [3.63, 3.8) is 0 Å². The first-order chi connectivity index (χ1) is 9.13. The molecule has 0 bridgehead atoms. The van der Waals surface area contributed by atoms with Gasteiger partial charge >= 0.3 is 0 Å². The van der Waals surface area contributed by atoms with Crippen LogP contribution in [-0.2, 0) is 6.42 Å². The Morgan fingerprint density at radius 3 is 2.42 bits per heavy atom. The van der Waals surface area contributed by atoms with Crippen LogP contribution in [0, 0.1) is 13.8 Å². The zero-order chi connectivity index (χ0) is 13.4. The zero-order valence-electron chi connectivity index (χ0n) is 11.3. The van der Waals surface area contributed by atoms with Crippen LogP contribution < -0.4 is 4.74 Å². The monoisotopic (exact) mass is 254 g/mol. The van der Waals surface area contributed by atoms with Crippen molar-refractivity contribution in [2.24, 2.45) is 0 Å². The smallest absolute Gasteiger partial charge is 0.150 e. The van der Waals surface area contributed by atoms with Gasteiger partial charge in [-0.15, -0.1) is 0 Å². The van der Waals surface area contributed by atoms with Gasteiger partial charge in [0.25, 0.3) is 0 Å². The van der Waals surface area contributed by atoms with Crippen molar-refractivity contribution in [2.75, 3.05) is 0 Å². The van der Waals surface area contributed by atoms with E-state index in [1.165, 1.54) is 11.1 Å². The Bertz CT molecular complexity index is 587. The predicted octanol–water partition coefficient (Wildman–Crippen LogP) is 3.34. The number of fused-ring (bicyclic) bond motifs is 1. The maximum atomic E-state index is 10.3. The second-order valence-corrected chi connectivity index (χ2v) is 5.33. The number of aryl methyl sites for hydroxylation is 2. The highest BCUT2D eigenvalue weighted by Gasteiger charge is 2.29. The van der Waals surface area contributed by atoms with E-state index in [0.29, 0.717) is 6.42 Å². The third-order valence-electron chi connectivity index (χ3n) is 3.66. The van der Waals surface area contributed by atoms with E-state index in [9.17, 15) is 5.11 Å². The fourth-order valence-corrected chi connectivity index (χ4v) is 2.53. The van der Waals surface area contributed by atoms with Gasteiger partial charge in [-0.1, -0.05) is 42.0 Å². The molecule has 19 heavy (non-hydrogen) atoms. The van der Waals surface area contributed by atoms with Crippen LogP contribution in [0.5, 0.6) is 5.75 Å². The van der Waals surface area contributed by atoms with Gasteiger partial charge in [0.15, 0.2) is 0 Å². The van der Waals surface area contributed by atoms with Crippen molar-refractivity contribution in [3.8, 4) is 5.75 Å². The van der Waals surface area contributed by atoms with Crippen LogP contribution in [0.1, 0.15) is 28.4 Å². The van der Waals surface area contributed by atoms with Gasteiger partial charge in [-0.3, -0.25) is 0 Å². The van der Waals surface area contributed by atoms with Gasteiger partial charge in [-0.05, 0) is 36.6 Å². The van der Waals surface area contributed by atoms with E-state index in [4.69, 9.17) is 4.74 Å². The molecule has 0 amide bonds. The first-order valence-electron chi connectivity index (χ1n) is 6.64. The fraction of sp³-hybridized carbons (Fsp3) is 0.294. The number of benzene rings is 2. The number of aliphatic hydroxyl groups is 1. The lowest BCUT2D eigenvalue weighted by Gasteiger charge is -2.31. The summed E-state index contributed by atoms with van der Waals surface area (Å²) in [5, 5.41) is 10.3. The van der Waals surface area contributed by atoms with Gasteiger partial charge < -0.3 is 9.84 Å². The normalized spacial score (nSPS) is 21.6. The third kappa shape index (κ3) is 2.36. The number of aliphatic hydroxyl groups excluding tert-OH is 1. The average Bonchev–Trinajstić information content (AvgIpc) is 2.40. The SMILES string of the molecule is Cc1ccc([C@H]2Oc3cc(C)ccc3C[C@@H]2O)cc1. The molecule has 0 aromatic heterocycles. The highest BCUT2D eigenvalue weighted by atomic mass is 16.5. The molecular formula is C17H18O2. The van der Waals surface area contributed by atoms with E-state index in [-0.39, 0.29) is 6.10 Å². The van der Waals surface area contributed by atoms with E-state index in [1.807, 2.05) is 24.3 Å². The van der Waals surface area contributed by atoms with Crippen LogP contribution in [-0.4, -0.2) is 11.2 Å². The maximum Gasteiger partial charge on any atom is 0.150 e. The first kappa shape index (κ1) is 12.2. The van der Waals surface area contributed by atoms with Gasteiger partial charge in [0.2, 0.25) is 0 Å². The van der Waals surface area contributed by atoms with Gasteiger partial charge in [0, 0.05) is 6.42 Å². The zero-order valence-corrected chi connectivity index (χ0v) is 11.3. The van der Waals surface area contributed by atoms with Gasteiger partial charge in [-0.25, -0.2) is 0 Å². The average molecular weight is 254 g/mol. The molecule has 1 aliphatic heterocycles. The number of rotatable bonds is 1. The molecule has 2 heteroatoms. The van der Waals surface area contributed by atoms with Crippen LogP contribution in [0.15, 0.2) is 42.5 Å². The molecule has 0 saturated carbocycles. The maximum absolute atomic E-state index is 10.3. The molecule has 0 radical (unpaired) electrons. The summed E-state index contributed by atoms with van der Waals surface area (Å²) in [7, 11) is 0. The number of ether oxygens (including phenoxy) is 1. The molecule has 0 unspecified atom stereocenters. The molecular weight excluding hydrogens is 236 g/mol. The Balaban J connectivity index is 1.94. The standard InChI is InChI=1S/C17H18O2/c1-11-3-6-13(7-4-11)17-15(18)10-14-8-5-12(2)9-16(14)19-17/h3-9,15,17-18H,10H2,1-2H3/t15-,17+/m0/s1. The highest BCUT2D eigenvalue weighted by molar-refractivity contribution is 5.40. The largest absolute Gasteiger partial charge is 0.483 e. The van der Waals surface area contributed by atoms with Crippen molar-refractivity contribution in [1.29, 1.82) is 0 Å². The third-order valence-corrected chi connectivity index (χ3v) is 3.66. The summed E-state index contributed by atoms with van der Waals surface area (Å²) in [5.74, 6) is 0.899. The van der Waals surface area contributed by atoms with Crippen LogP contribution in [0.4, 0.5) is 0 Å². The molecule has 2 aromatic carbocycles. The molecule has 0 fully saturated rings. The summed E-state index contributed by atoms with van der Waals surface area (Å²) in [5.41, 5.74) is 4.51. The Labute approximate surface area is 113 Å². The minimum atomic E-state index is -0.488. The van der Waals surface area contributed by atoms with E-state index >= 15 is 0 Å². The van der Waals surface area contributed by atoms with Gasteiger partial charge in [-0.2, -0.15) is 0 Å². The summed E-state index contributed by atoms with van der Waals surface area (Å²) in [6.07, 6.45) is -0.110. The van der Waals surface area contributed by atoms with Crippen LogP contribution >= 0.6 is 0 Å². The fourth-order valence-electron chi connectivity index (χ4n) is 2.53. The second kappa shape index (κ2) is 4.71. The molecule has 2 nitrogen and oxygen atoms in total. The lowest BCUT2D eigenvalue weighted by atomic mass is 9.94. The van der Waals surface area contributed by atoms with Crippen LogP contribution in [0.2, 0.25) is 0 Å². The molecule has 3 rings (SSSR count). The summed E-state index contributed by atoms with van der Waals surface area (Å²) < 4.78 is 6.00. The Hall–Kier alpha value is -1.80. The number of hydrogen-bond donors (Lipinski definition) is 1. The van der Waals surface area contributed by atoms with Crippen LogP contribution in [0.25, 0.3) is 0 Å². The summed E-state index contributed by atoms with van der Waals surface area (Å²) in [6.45, 7) is 4.11. The highest BCUT2D eigenvalue weighted by Crippen LogP contribution is 2.35. The minimum absolute atomic E-state index is 0.269. The summed E-state index contributed by atoms with van der Waals surface area (Å²) in [6, 6.07) is 14.3. The lowest BCUT2D eigenvalue weighted by molar-refractivity contribution is 0.0208. The van der Waals surface area contributed by atoms with Crippen molar-refractivity contribution >= 4 is 0 Å². The van der Waals surface area contributed by atoms with E-state index < -0.39 is 6.10 Å². The summed E-state index contributed by atoms with van der Waals surface area (Å²) >= 11 is 0. The van der Waals surface area contributed by atoms with Crippen molar-refractivity contribution in [3.05, 3.63) is 64.7 Å². The Kier molecular flexibility index (Phi) is 3.03. The Morgan fingerprint density at radius 1 is 1.00 bits per heavy atom. The van der Waals surface area contributed by atoms with Crippen LogP contribution in [0.3, 0.4) is 0 Å². The first-order valence-corrected chi connectivity index (χ1v) is 6.64. The van der Waals surface area contributed by atoms with Gasteiger partial charge in [0.05, 0.1) is 6.10 Å².